The van der Waals surface area contributed by atoms with Gasteiger partial charge in [0.1, 0.15) is 17.1 Å². The van der Waals surface area contributed by atoms with Crippen molar-refractivity contribution in [1.82, 2.24) is 5.32 Å². The number of fused-ring (bicyclic) bond motifs is 1. The first-order chi connectivity index (χ1) is 13.2. The predicted octanol–water partition coefficient (Wildman–Crippen LogP) is 5.46. The van der Waals surface area contributed by atoms with Crippen LogP contribution in [-0.2, 0) is 6.54 Å². The highest BCUT2D eigenvalue weighted by Gasteiger charge is 2.17. The average Bonchev–Trinajstić information content (AvgIpc) is 3.04. The monoisotopic (exact) mass is 357 g/mol. The van der Waals surface area contributed by atoms with Crippen molar-refractivity contribution >= 4 is 16.9 Å². The Morgan fingerprint density at radius 2 is 1.67 bits per heavy atom. The number of hydrogen-bond acceptors (Lipinski definition) is 3. The minimum absolute atomic E-state index is 0.224. The Labute approximate surface area is 157 Å². The van der Waals surface area contributed by atoms with Gasteiger partial charge in [-0.1, -0.05) is 48.5 Å². The van der Waals surface area contributed by atoms with Crippen molar-refractivity contribution in [3.63, 3.8) is 0 Å². The lowest BCUT2D eigenvalue weighted by molar-refractivity contribution is 0.0924. The van der Waals surface area contributed by atoms with Crippen LogP contribution < -0.4 is 10.1 Å². The maximum atomic E-state index is 12.5. The quantitative estimate of drug-likeness (QED) is 0.516. The molecule has 4 heteroatoms. The minimum atomic E-state index is -0.224. The first kappa shape index (κ1) is 16.9. The number of carbonyl (C=O) groups excluding carboxylic acids is 1. The Morgan fingerprint density at radius 3 is 2.48 bits per heavy atom. The molecule has 0 unspecified atom stereocenters. The molecule has 0 aliphatic carbocycles. The molecule has 0 bridgehead atoms. The third-order valence-electron chi connectivity index (χ3n) is 4.38. The highest BCUT2D eigenvalue weighted by molar-refractivity contribution is 5.98. The van der Waals surface area contributed by atoms with E-state index in [1.807, 2.05) is 85.8 Å². The second-order valence-corrected chi connectivity index (χ2v) is 6.30. The number of nitrogens with one attached hydrogen (secondary N) is 1. The van der Waals surface area contributed by atoms with Gasteiger partial charge in [-0.3, -0.25) is 4.79 Å². The molecular weight excluding hydrogens is 338 g/mol. The average molecular weight is 357 g/mol. The highest BCUT2D eigenvalue weighted by atomic mass is 16.5. The lowest BCUT2D eigenvalue weighted by Gasteiger charge is -2.08. The van der Waals surface area contributed by atoms with E-state index in [1.54, 1.807) is 0 Å². The summed E-state index contributed by atoms with van der Waals surface area (Å²) in [6.45, 7) is 2.29. The number of carbonyl (C=O) groups is 1. The normalized spacial score (nSPS) is 10.7. The summed E-state index contributed by atoms with van der Waals surface area (Å²) in [4.78, 5) is 12.5. The molecule has 4 nitrogen and oxygen atoms in total. The summed E-state index contributed by atoms with van der Waals surface area (Å²) in [5, 5.41) is 3.88. The van der Waals surface area contributed by atoms with Crippen molar-refractivity contribution in [3.8, 4) is 11.5 Å². The topological polar surface area (TPSA) is 51.5 Å². The molecule has 0 atom stereocenters. The van der Waals surface area contributed by atoms with Crippen LogP contribution in [0.4, 0.5) is 0 Å². The lowest BCUT2D eigenvalue weighted by Crippen LogP contribution is -2.22. The van der Waals surface area contributed by atoms with E-state index in [0.717, 1.165) is 33.6 Å². The number of para-hydroxylation sites is 2. The molecule has 3 aromatic carbocycles. The number of ether oxygens (including phenoxy) is 1. The van der Waals surface area contributed by atoms with E-state index in [2.05, 4.69) is 5.32 Å². The Kier molecular flexibility index (Phi) is 4.62. The maximum absolute atomic E-state index is 12.5. The predicted molar refractivity (Wildman–Crippen MR) is 105 cm³/mol. The van der Waals surface area contributed by atoms with E-state index in [1.165, 1.54) is 0 Å². The van der Waals surface area contributed by atoms with E-state index in [4.69, 9.17) is 9.15 Å². The molecule has 0 radical (unpaired) electrons. The number of aryl methyl sites for hydroxylation is 1. The fourth-order valence-electron chi connectivity index (χ4n) is 3.00. The zero-order chi connectivity index (χ0) is 18.6. The molecule has 0 aliphatic rings. The van der Waals surface area contributed by atoms with Gasteiger partial charge in [-0.2, -0.15) is 0 Å². The number of benzene rings is 3. The van der Waals surface area contributed by atoms with Gasteiger partial charge in [0.2, 0.25) is 0 Å². The zero-order valence-corrected chi connectivity index (χ0v) is 14.9. The molecule has 27 heavy (non-hydrogen) atoms. The number of furan rings is 1. The van der Waals surface area contributed by atoms with Crippen LogP contribution >= 0.6 is 0 Å². The van der Waals surface area contributed by atoms with Gasteiger partial charge in [0, 0.05) is 17.5 Å². The van der Waals surface area contributed by atoms with Crippen LogP contribution in [0.1, 0.15) is 21.7 Å². The second kappa shape index (κ2) is 7.38. The SMILES string of the molecule is Cc1c(C(=O)NCc2cccc(Oc3ccccc3)c2)oc2ccccc12. The zero-order valence-electron chi connectivity index (χ0n) is 14.9. The van der Waals surface area contributed by atoms with E-state index < -0.39 is 0 Å². The largest absolute Gasteiger partial charge is 0.457 e. The van der Waals surface area contributed by atoms with E-state index in [0.29, 0.717) is 12.3 Å². The molecule has 0 spiro atoms. The van der Waals surface area contributed by atoms with Crippen molar-refractivity contribution in [2.24, 2.45) is 0 Å². The first-order valence-corrected chi connectivity index (χ1v) is 8.79. The van der Waals surface area contributed by atoms with Gasteiger partial charge < -0.3 is 14.5 Å². The van der Waals surface area contributed by atoms with Crippen molar-refractivity contribution in [3.05, 3.63) is 95.7 Å². The van der Waals surface area contributed by atoms with Crippen LogP contribution in [0, 0.1) is 6.92 Å². The molecule has 0 saturated heterocycles. The first-order valence-electron chi connectivity index (χ1n) is 8.79. The number of rotatable bonds is 5. The van der Waals surface area contributed by atoms with Gasteiger partial charge in [0.15, 0.2) is 5.76 Å². The number of amides is 1. The van der Waals surface area contributed by atoms with Gasteiger partial charge in [-0.25, -0.2) is 0 Å². The van der Waals surface area contributed by atoms with Crippen LogP contribution in [0.5, 0.6) is 11.5 Å². The summed E-state index contributed by atoms with van der Waals surface area (Å²) in [5.74, 6) is 1.63. The van der Waals surface area contributed by atoms with E-state index in [9.17, 15) is 4.79 Å². The molecule has 4 rings (SSSR count). The summed E-state index contributed by atoms with van der Waals surface area (Å²) in [7, 11) is 0. The molecule has 1 N–H and O–H groups in total. The second-order valence-electron chi connectivity index (χ2n) is 6.30. The third kappa shape index (κ3) is 3.70. The summed E-state index contributed by atoms with van der Waals surface area (Å²) in [5.41, 5.74) is 2.52. The van der Waals surface area contributed by atoms with Gasteiger partial charge >= 0.3 is 0 Å². The van der Waals surface area contributed by atoms with Gasteiger partial charge in [-0.15, -0.1) is 0 Å². The molecule has 0 aliphatic heterocycles. The van der Waals surface area contributed by atoms with Crippen molar-refractivity contribution in [2.75, 3.05) is 0 Å². The molecule has 4 aromatic rings. The Balaban J connectivity index is 1.46. The lowest BCUT2D eigenvalue weighted by atomic mass is 10.1. The maximum Gasteiger partial charge on any atom is 0.287 e. The van der Waals surface area contributed by atoms with Crippen LogP contribution in [0.15, 0.2) is 83.3 Å². The van der Waals surface area contributed by atoms with Crippen molar-refractivity contribution in [2.45, 2.75) is 13.5 Å². The summed E-state index contributed by atoms with van der Waals surface area (Å²) in [6, 6.07) is 24.9. The Hall–Kier alpha value is -3.53. The molecular formula is C23H19NO3. The Bertz CT molecular complexity index is 1080. The highest BCUT2D eigenvalue weighted by Crippen LogP contribution is 2.25. The summed E-state index contributed by atoms with van der Waals surface area (Å²) >= 11 is 0. The molecule has 0 fully saturated rings. The minimum Gasteiger partial charge on any atom is -0.457 e. The van der Waals surface area contributed by atoms with Gasteiger partial charge in [0.25, 0.3) is 5.91 Å². The standard InChI is InChI=1S/C23H19NO3/c1-16-20-12-5-6-13-21(20)27-22(16)23(25)24-15-17-8-7-11-19(14-17)26-18-9-3-2-4-10-18/h2-14H,15H2,1H3,(H,24,25). The van der Waals surface area contributed by atoms with Crippen molar-refractivity contribution < 1.29 is 13.9 Å². The Morgan fingerprint density at radius 1 is 0.926 bits per heavy atom. The number of hydrogen-bond donors (Lipinski definition) is 1. The summed E-state index contributed by atoms with van der Waals surface area (Å²) in [6.07, 6.45) is 0. The van der Waals surface area contributed by atoms with Crippen molar-refractivity contribution in [1.29, 1.82) is 0 Å². The van der Waals surface area contributed by atoms with Crippen LogP contribution in [0.2, 0.25) is 0 Å². The fourth-order valence-corrected chi connectivity index (χ4v) is 3.00. The van der Waals surface area contributed by atoms with E-state index >= 15 is 0 Å². The third-order valence-corrected chi connectivity index (χ3v) is 4.38. The van der Waals surface area contributed by atoms with Gasteiger partial charge in [-0.05, 0) is 42.8 Å². The van der Waals surface area contributed by atoms with Crippen LogP contribution in [0.25, 0.3) is 11.0 Å². The fraction of sp³-hybridized carbons (Fsp3) is 0.0870. The smallest absolute Gasteiger partial charge is 0.287 e. The molecule has 1 amide bonds. The molecule has 1 heterocycles. The summed E-state index contributed by atoms with van der Waals surface area (Å²) < 4.78 is 11.6. The van der Waals surface area contributed by atoms with Gasteiger partial charge in [0.05, 0.1) is 0 Å². The molecule has 0 saturated carbocycles. The van der Waals surface area contributed by atoms with Crippen LogP contribution in [0.3, 0.4) is 0 Å². The van der Waals surface area contributed by atoms with E-state index in [-0.39, 0.29) is 5.91 Å². The van der Waals surface area contributed by atoms with Crippen LogP contribution in [-0.4, -0.2) is 5.91 Å². The molecule has 134 valence electrons. The molecule has 1 aromatic heterocycles.